The van der Waals surface area contributed by atoms with E-state index in [0.29, 0.717) is 19.1 Å². The van der Waals surface area contributed by atoms with Gasteiger partial charge in [0.25, 0.3) is 0 Å². The maximum absolute atomic E-state index is 11.7. The van der Waals surface area contributed by atoms with Crippen LogP contribution in [0, 0.1) is 6.92 Å². The standard InChI is InChI=1S/C13H22N4O/c1-10-11(9-17(2)16-10)7-15-13(18)8-14-12-5-3-4-6-12/h9,12,14H,3-8H2,1-2H3,(H,15,18). The fourth-order valence-corrected chi connectivity index (χ4v) is 2.45. The lowest BCUT2D eigenvalue weighted by Gasteiger charge is -2.11. The van der Waals surface area contributed by atoms with Crippen LogP contribution < -0.4 is 10.6 Å². The predicted molar refractivity (Wildman–Crippen MR) is 70.1 cm³/mol. The van der Waals surface area contributed by atoms with Crippen LogP contribution in [0.2, 0.25) is 0 Å². The van der Waals surface area contributed by atoms with E-state index in [0.717, 1.165) is 11.3 Å². The Kier molecular flexibility index (Phi) is 4.36. The number of hydrogen-bond donors (Lipinski definition) is 2. The topological polar surface area (TPSA) is 59.0 Å². The van der Waals surface area contributed by atoms with Gasteiger partial charge in [-0.2, -0.15) is 5.10 Å². The molecule has 1 aliphatic carbocycles. The zero-order valence-corrected chi connectivity index (χ0v) is 11.2. The number of rotatable bonds is 5. The van der Waals surface area contributed by atoms with Crippen molar-refractivity contribution in [2.75, 3.05) is 6.54 Å². The lowest BCUT2D eigenvalue weighted by Crippen LogP contribution is -2.37. The van der Waals surface area contributed by atoms with Crippen LogP contribution >= 0.6 is 0 Å². The molecule has 0 radical (unpaired) electrons. The van der Waals surface area contributed by atoms with Gasteiger partial charge in [-0.25, -0.2) is 0 Å². The molecule has 0 bridgehead atoms. The minimum atomic E-state index is 0.0603. The highest BCUT2D eigenvalue weighted by molar-refractivity contribution is 5.78. The van der Waals surface area contributed by atoms with Gasteiger partial charge in [0.1, 0.15) is 0 Å². The van der Waals surface area contributed by atoms with Gasteiger partial charge in [-0.15, -0.1) is 0 Å². The second kappa shape index (κ2) is 6.00. The number of aromatic nitrogens is 2. The summed E-state index contributed by atoms with van der Waals surface area (Å²) >= 11 is 0. The van der Waals surface area contributed by atoms with Gasteiger partial charge in [-0.05, 0) is 19.8 Å². The van der Waals surface area contributed by atoms with Crippen LogP contribution in [0.15, 0.2) is 6.20 Å². The van der Waals surface area contributed by atoms with E-state index in [-0.39, 0.29) is 5.91 Å². The summed E-state index contributed by atoms with van der Waals surface area (Å²) in [4.78, 5) is 11.7. The molecule has 5 nitrogen and oxygen atoms in total. The summed E-state index contributed by atoms with van der Waals surface area (Å²) in [6.07, 6.45) is 6.92. The Labute approximate surface area is 108 Å². The first-order valence-corrected chi connectivity index (χ1v) is 6.64. The number of nitrogens with zero attached hydrogens (tertiary/aromatic N) is 2. The number of carbonyl (C=O) groups excluding carboxylic acids is 1. The van der Waals surface area contributed by atoms with Gasteiger partial charge in [0.15, 0.2) is 0 Å². The fourth-order valence-electron chi connectivity index (χ4n) is 2.45. The summed E-state index contributed by atoms with van der Waals surface area (Å²) in [5.74, 6) is 0.0603. The van der Waals surface area contributed by atoms with Crippen LogP contribution in [0.25, 0.3) is 0 Å². The summed E-state index contributed by atoms with van der Waals surface area (Å²) in [7, 11) is 1.89. The van der Waals surface area contributed by atoms with Gasteiger partial charge in [0.05, 0.1) is 12.2 Å². The van der Waals surface area contributed by atoms with Gasteiger partial charge >= 0.3 is 0 Å². The molecule has 1 heterocycles. The molecule has 0 aromatic carbocycles. The molecule has 0 saturated heterocycles. The van der Waals surface area contributed by atoms with Crippen LogP contribution in [0.5, 0.6) is 0 Å². The SMILES string of the molecule is Cc1nn(C)cc1CNC(=O)CNC1CCCC1. The van der Waals surface area contributed by atoms with Crippen LogP contribution in [0.1, 0.15) is 36.9 Å². The second-order valence-electron chi connectivity index (χ2n) is 5.05. The molecule has 0 atom stereocenters. The molecule has 1 saturated carbocycles. The van der Waals surface area contributed by atoms with Crippen molar-refractivity contribution in [3.63, 3.8) is 0 Å². The molecule has 0 aliphatic heterocycles. The smallest absolute Gasteiger partial charge is 0.234 e. The third-order valence-electron chi connectivity index (χ3n) is 3.50. The lowest BCUT2D eigenvalue weighted by atomic mass is 10.2. The van der Waals surface area contributed by atoms with Crippen molar-refractivity contribution in [2.24, 2.45) is 7.05 Å². The summed E-state index contributed by atoms with van der Waals surface area (Å²) in [5.41, 5.74) is 2.05. The quantitative estimate of drug-likeness (QED) is 0.815. The van der Waals surface area contributed by atoms with Crippen molar-refractivity contribution in [3.05, 3.63) is 17.5 Å². The molecule has 2 rings (SSSR count). The van der Waals surface area contributed by atoms with Crippen molar-refractivity contribution < 1.29 is 4.79 Å². The Morgan fingerprint density at radius 3 is 2.83 bits per heavy atom. The van der Waals surface area contributed by atoms with E-state index < -0.39 is 0 Å². The molecular weight excluding hydrogens is 228 g/mol. The highest BCUT2D eigenvalue weighted by atomic mass is 16.1. The summed E-state index contributed by atoms with van der Waals surface area (Å²) in [6, 6.07) is 0.538. The predicted octanol–water partition coefficient (Wildman–Crippen LogP) is 0.877. The highest BCUT2D eigenvalue weighted by Crippen LogP contribution is 2.17. The van der Waals surface area contributed by atoms with E-state index in [2.05, 4.69) is 15.7 Å². The summed E-state index contributed by atoms with van der Waals surface area (Å²) < 4.78 is 1.77. The fraction of sp³-hybridized carbons (Fsp3) is 0.692. The van der Waals surface area contributed by atoms with Crippen LogP contribution in [-0.4, -0.2) is 28.3 Å². The van der Waals surface area contributed by atoms with Gasteiger partial charge in [-0.3, -0.25) is 9.48 Å². The third-order valence-corrected chi connectivity index (χ3v) is 3.50. The number of carbonyl (C=O) groups is 1. The maximum atomic E-state index is 11.7. The zero-order chi connectivity index (χ0) is 13.0. The van der Waals surface area contributed by atoms with E-state index in [4.69, 9.17) is 0 Å². The van der Waals surface area contributed by atoms with Crippen molar-refractivity contribution >= 4 is 5.91 Å². The second-order valence-corrected chi connectivity index (χ2v) is 5.05. The Bertz CT molecular complexity index is 407. The molecule has 1 aliphatic rings. The molecule has 0 unspecified atom stereocenters. The molecule has 100 valence electrons. The Balaban J connectivity index is 1.69. The molecule has 1 aromatic rings. The molecule has 18 heavy (non-hydrogen) atoms. The van der Waals surface area contributed by atoms with E-state index in [1.807, 2.05) is 20.2 Å². The molecular formula is C13H22N4O. The first-order valence-electron chi connectivity index (χ1n) is 6.64. The monoisotopic (exact) mass is 250 g/mol. The number of nitrogens with one attached hydrogen (secondary N) is 2. The van der Waals surface area contributed by atoms with Crippen LogP contribution in [0.3, 0.4) is 0 Å². The van der Waals surface area contributed by atoms with Gasteiger partial charge in [0.2, 0.25) is 5.91 Å². The van der Waals surface area contributed by atoms with Crippen LogP contribution in [-0.2, 0) is 18.4 Å². The minimum Gasteiger partial charge on any atom is -0.351 e. The van der Waals surface area contributed by atoms with Gasteiger partial charge in [0, 0.05) is 31.4 Å². The van der Waals surface area contributed by atoms with Crippen molar-refractivity contribution in [1.29, 1.82) is 0 Å². The van der Waals surface area contributed by atoms with E-state index in [9.17, 15) is 4.79 Å². The maximum Gasteiger partial charge on any atom is 0.234 e. The minimum absolute atomic E-state index is 0.0603. The van der Waals surface area contributed by atoms with E-state index in [1.165, 1.54) is 25.7 Å². The summed E-state index contributed by atoms with van der Waals surface area (Å²) in [6.45, 7) is 2.94. The zero-order valence-electron chi connectivity index (χ0n) is 11.2. The average Bonchev–Trinajstić information content (AvgIpc) is 2.94. The van der Waals surface area contributed by atoms with Crippen molar-refractivity contribution in [2.45, 2.75) is 45.2 Å². The molecule has 1 amide bonds. The number of aryl methyl sites for hydroxylation is 2. The Morgan fingerprint density at radius 2 is 2.22 bits per heavy atom. The van der Waals surface area contributed by atoms with Crippen LogP contribution in [0.4, 0.5) is 0 Å². The third kappa shape index (κ3) is 3.57. The Hall–Kier alpha value is -1.36. The van der Waals surface area contributed by atoms with Gasteiger partial charge < -0.3 is 10.6 Å². The lowest BCUT2D eigenvalue weighted by molar-refractivity contribution is -0.120. The molecule has 0 spiro atoms. The molecule has 1 fully saturated rings. The van der Waals surface area contributed by atoms with Gasteiger partial charge in [-0.1, -0.05) is 12.8 Å². The highest BCUT2D eigenvalue weighted by Gasteiger charge is 2.15. The largest absolute Gasteiger partial charge is 0.351 e. The number of amides is 1. The first-order chi connectivity index (χ1) is 8.65. The van der Waals surface area contributed by atoms with Crippen molar-refractivity contribution in [1.82, 2.24) is 20.4 Å². The van der Waals surface area contributed by atoms with Crippen molar-refractivity contribution in [3.8, 4) is 0 Å². The Morgan fingerprint density at radius 1 is 1.50 bits per heavy atom. The molecule has 2 N–H and O–H groups in total. The normalized spacial score (nSPS) is 16.1. The number of hydrogen-bond acceptors (Lipinski definition) is 3. The summed E-state index contributed by atoms with van der Waals surface area (Å²) in [5, 5.41) is 10.5. The first kappa shape index (κ1) is 13.1. The van der Waals surface area contributed by atoms with E-state index >= 15 is 0 Å². The molecule has 1 aromatic heterocycles. The van der Waals surface area contributed by atoms with E-state index in [1.54, 1.807) is 4.68 Å². The molecule has 5 heteroatoms. The average molecular weight is 250 g/mol.